The fourth-order valence-electron chi connectivity index (χ4n) is 5.78. The first-order valence-electron chi connectivity index (χ1n) is 14.6. The van der Waals surface area contributed by atoms with E-state index in [-0.39, 0.29) is 18.2 Å². The summed E-state index contributed by atoms with van der Waals surface area (Å²) in [5.74, 6) is -0.352. The zero-order valence-electron chi connectivity index (χ0n) is 24.7. The number of rotatable bonds is 12. The predicted molar refractivity (Wildman–Crippen MR) is 169 cm³/mol. The molecule has 0 aliphatic heterocycles. The van der Waals surface area contributed by atoms with Crippen LogP contribution in [0, 0.1) is 5.41 Å². The molecule has 1 fully saturated rings. The van der Waals surface area contributed by atoms with Gasteiger partial charge in [0.05, 0.1) is 4.75 Å². The highest BCUT2D eigenvalue weighted by atomic mass is 32.2. The summed E-state index contributed by atoms with van der Waals surface area (Å²) < 4.78 is 5.19. The van der Waals surface area contributed by atoms with Crippen LogP contribution in [0.2, 0.25) is 0 Å². The molecule has 0 saturated heterocycles. The second kappa shape index (κ2) is 14.0. The van der Waals surface area contributed by atoms with Crippen LogP contribution in [0.5, 0.6) is 0 Å². The van der Waals surface area contributed by atoms with Crippen molar-refractivity contribution in [2.24, 2.45) is 10.5 Å². The van der Waals surface area contributed by atoms with Gasteiger partial charge < -0.3 is 10.1 Å². The molecule has 7 nitrogen and oxygen atoms in total. The number of benzene rings is 3. The number of esters is 1. The van der Waals surface area contributed by atoms with Crippen LogP contribution in [0.1, 0.15) is 69.6 Å². The zero-order chi connectivity index (χ0) is 30.1. The second-order valence-electron chi connectivity index (χ2n) is 11.8. The van der Waals surface area contributed by atoms with Crippen molar-refractivity contribution in [3.05, 3.63) is 118 Å². The van der Waals surface area contributed by atoms with E-state index in [1.54, 1.807) is 11.8 Å². The van der Waals surface area contributed by atoms with E-state index < -0.39 is 27.8 Å². The van der Waals surface area contributed by atoms with E-state index >= 15 is 0 Å². The Balaban J connectivity index is 1.74. The lowest BCUT2D eigenvalue weighted by Crippen LogP contribution is -2.51. The first-order chi connectivity index (χ1) is 20.2. The minimum absolute atomic E-state index is 0.172. The Hall–Kier alpha value is -3.74. The first-order valence-corrected chi connectivity index (χ1v) is 15.5. The lowest BCUT2D eigenvalue weighted by Gasteiger charge is -2.37. The number of nitrogens with zero attached hydrogens (tertiary/aromatic N) is 3. The molecule has 3 aromatic rings. The van der Waals surface area contributed by atoms with E-state index in [9.17, 15) is 9.59 Å². The molecule has 0 unspecified atom stereocenters. The van der Waals surface area contributed by atoms with Crippen LogP contribution in [-0.2, 0) is 19.1 Å². The third-order valence-corrected chi connectivity index (χ3v) is 9.44. The minimum atomic E-state index is -0.880. The van der Waals surface area contributed by atoms with Gasteiger partial charge in [0.15, 0.2) is 0 Å². The molecule has 0 spiro atoms. The highest BCUT2D eigenvalue weighted by molar-refractivity contribution is 8.00. The molecule has 4 rings (SSSR count). The third kappa shape index (κ3) is 7.36. The molecule has 220 valence electrons. The van der Waals surface area contributed by atoms with E-state index in [1.807, 2.05) is 75.4 Å². The zero-order valence-corrected chi connectivity index (χ0v) is 25.5. The number of hydrogen-bond acceptors (Lipinski definition) is 5. The molecule has 3 aromatic carbocycles. The van der Waals surface area contributed by atoms with Crippen molar-refractivity contribution in [3.63, 3.8) is 0 Å². The Morgan fingerprint density at radius 2 is 1.38 bits per heavy atom. The second-order valence-corrected chi connectivity index (χ2v) is 13.1. The quantitative estimate of drug-likeness (QED) is 0.0771. The summed E-state index contributed by atoms with van der Waals surface area (Å²) in [6, 6.07) is 29.9. The molecule has 1 amide bonds. The lowest BCUT2D eigenvalue weighted by molar-refractivity contribution is -0.158. The summed E-state index contributed by atoms with van der Waals surface area (Å²) in [5, 5.41) is 6.81. The average Bonchev–Trinajstić information content (AvgIpc) is 3.48. The summed E-state index contributed by atoms with van der Waals surface area (Å²) in [6.07, 6.45) is 3.72. The Morgan fingerprint density at radius 3 is 1.81 bits per heavy atom. The van der Waals surface area contributed by atoms with Gasteiger partial charge in [0.2, 0.25) is 5.91 Å². The highest BCUT2D eigenvalue weighted by Gasteiger charge is 2.44. The molecule has 1 aliphatic carbocycles. The summed E-state index contributed by atoms with van der Waals surface area (Å²) in [6.45, 7) is 5.74. The number of carbonyl (C=O) groups is 2. The fourth-order valence-corrected chi connectivity index (χ4v) is 7.33. The van der Waals surface area contributed by atoms with Crippen LogP contribution in [0.4, 0.5) is 0 Å². The SMILES string of the molecule is CC(C)(C)OC(=O)[C@H](CSC(c1ccccc1)(c1ccccc1)c1ccccc1)NC(=O)C1(CCN=[N+]=[N-])CCCC1. The third-order valence-electron chi connectivity index (χ3n) is 7.80. The van der Waals surface area contributed by atoms with Gasteiger partial charge in [-0.3, -0.25) is 4.79 Å². The Bertz CT molecular complexity index is 1270. The van der Waals surface area contributed by atoms with Gasteiger partial charge in [-0.1, -0.05) is 109 Å². The van der Waals surface area contributed by atoms with Crippen LogP contribution < -0.4 is 5.32 Å². The standard InChI is InChI=1S/C34H40N4O3S/c1-32(2,3)41-30(39)29(37-31(40)33(21-13-14-22-33)23-24-36-38-35)25-42-34(26-15-7-4-8-16-26,27-17-9-5-10-18-27)28-19-11-6-12-20-28/h4-12,15-20,29H,13-14,21-25H2,1-3H3,(H,37,40)/t29-/m0/s1. The molecule has 1 atom stereocenters. The van der Waals surface area contributed by atoms with Crippen LogP contribution in [0.15, 0.2) is 96.1 Å². The van der Waals surface area contributed by atoms with Crippen LogP contribution in [-0.4, -0.2) is 35.8 Å². The molecular formula is C34H40N4O3S. The molecule has 1 aliphatic rings. The lowest BCUT2D eigenvalue weighted by atomic mass is 9.81. The van der Waals surface area contributed by atoms with Gasteiger partial charge in [-0.2, -0.15) is 0 Å². The molecule has 8 heteroatoms. The van der Waals surface area contributed by atoms with Crippen molar-refractivity contribution in [2.75, 3.05) is 12.3 Å². The number of carbonyl (C=O) groups excluding carboxylic acids is 2. The maximum absolute atomic E-state index is 13.9. The van der Waals surface area contributed by atoms with Crippen molar-refractivity contribution in [3.8, 4) is 0 Å². The van der Waals surface area contributed by atoms with Gasteiger partial charge >= 0.3 is 5.97 Å². The Morgan fingerprint density at radius 1 is 0.905 bits per heavy atom. The topological polar surface area (TPSA) is 104 Å². The van der Waals surface area contributed by atoms with E-state index in [0.29, 0.717) is 19.3 Å². The maximum atomic E-state index is 13.9. The van der Waals surface area contributed by atoms with Gasteiger partial charge in [-0.05, 0) is 62.3 Å². The maximum Gasteiger partial charge on any atom is 0.330 e. The van der Waals surface area contributed by atoms with E-state index in [4.69, 9.17) is 10.3 Å². The number of ether oxygens (including phenoxy) is 1. The minimum Gasteiger partial charge on any atom is -0.458 e. The highest BCUT2D eigenvalue weighted by Crippen LogP contribution is 2.49. The molecule has 1 saturated carbocycles. The summed E-state index contributed by atoms with van der Waals surface area (Å²) in [5.41, 5.74) is 10.7. The molecule has 0 aromatic heterocycles. The van der Waals surface area contributed by atoms with Gasteiger partial charge in [0.1, 0.15) is 11.6 Å². The van der Waals surface area contributed by atoms with Gasteiger partial charge in [0, 0.05) is 22.6 Å². The van der Waals surface area contributed by atoms with Crippen molar-refractivity contribution < 1.29 is 14.3 Å². The molecule has 42 heavy (non-hydrogen) atoms. The first kappa shape index (κ1) is 31.2. The molecule has 0 radical (unpaired) electrons. The van der Waals surface area contributed by atoms with E-state index in [1.165, 1.54) is 0 Å². The largest absolute Gasteiger partial charge is 0.458 e. The number of thioether (sulfide) groups is 1. The summed E-state index contributed by atoms with van der Waals surface area (Å²) >= 11 is 1.61. The van der Waals surface area contributed by atoms with Gasteiger partial charge in [-0.25, -0.2) is 4.79 Å². The van der Waals surface area contributed by atoms with Crippen LogP contribution in [0.3, 0.4) is 0 Å². The predicted octanol–water partition coefficient (Wildman–Crippen LogP) is 7.80. The number of hydrogen-bond donors (Lipinski definition) is 1. The Kier molecular flexibility index (Phi) is 10.4. The van der Waals surface area contributed by atoms with Crippen molar-refractivity contribution in [1.29, 1.82) is 0 Å². The molecular weight excluding hydrogens is 544 g/mol. The van der Waals surface area contributed by atoms with Crippen molar-refractivity contribution in [1.82, 2.24) is 5.32 Å². The summed E-state index contributed by atoms with van der Waals surface area (Å²) in [4.78, 5) is 30.5. The molecule has 1 N–H and O–H groups in total. The Labute approximate surface area is 253 Å². The monoisotopic (exact) mass is 584 g/mol. The van der Waals surface area contributed by atoms with Crippen molar-refractivity contribution in [2.45, 2.75) is 69.3 Å². The van der Waals surface area contributed by atoms with Crippen molar-refractivity contribution >= 4 is 23.6 Å². The van der Waals surface area contributed by atoms with E-state index in [0.717, 1.165) is 29.5 Å². The van der Waals surface area contributed by atoms with E-state index in [2.05, 4.69) is 51.7 Å². The molecule has 0 bridgehead atoms. The number of azide groups is 1. The number of nitrogens with one attached hydrogen (secondary N) is 1. The van der Waals surface area contributed by atoms with Gasteiger partial charge in [-0.15, -0.1) is 11.8 Å². The fraction of sp³-hybridized carbons (Fsp3) is 0.412. The smallest absolute Gasteiger partial charge is 0.330 e. The number of amides is 1. The summed E-state index contributed by atoms with van der Waals surface area (Å²) in [7, 11) is 0. The normalized spacial score (nSPS) is 15.3. The van der Waals surface area contributed by atoms with Crippen LogP contribution >= 0.6 is 11.8 Å². The van der Waals surface area contributed by atoms with Gasteiger partial charge in [0.25, 0.3) is 0 Å². The molecule has 0 heterocycles. The van der Waals surface area contributed by atoms with Crippen LogP contribution in [0.25, 0.3) is 10.4 Å². The average molecular weight is 585 g/mol.